The number of nitrogens with one attached hydrogen (secondary N) is 1. The van der Waals surface area contributed by atoms with Gasteiger partial charge in [0.25, 0.3) is 5.76 Å². The van der Waals surface area contributed by atoms with E-state index in [9.17, 15) is 8.78 Å². The molecule has 0 aliphatic carbocycles. The summed E-state index contributed by atoms with van der Waals surface area (Å²) in [6.45, 7) is 1.90. The van der Waals surface area contributed by atoms with E-state index < -0.39 is 5.76 Å². The monoisotopic (exact) mass is 327 g/mol. The number of furan rings is 1. The van der Waals surface area contributed by atoms with E-state index in [1.165, 1.54) is 5.56 Å². The predicted molar refractivity (Wildman–Crippen MR) is 83.7 cm³/mol. The fourth-order valence-corrected chi connectivity index (χ4v) is 2.44. The van der Waals surface area contributed by atoms with Crippen molar-refractivity contribution in [3.05, 3.63) is 59.0 Å². The van der Waals surface area contributed by atoms with E-state index in [2.05, 4.69) is 5.32 Å². The summed E-state index contributed by atoms with van der Waals surface area (Å²) in [5.74, 6) is -0.849. The lowest BCUT2D eigenvalue weighted by Gasteiger charge is -2.05. The van der Waals surface area contributed by atoms with E-state index in [0.717, 1.165) is 17.9 Å². The Morgan fingerprint density at radius 3 is 2.41 bits per heavy atom. The van der Waals surface area contributed by atoms with Gasteiger partial charge in [0.05, 0.1) is 18.9 Å². The zero-order valence-electron chi connectivity index (χ0n) is 12.4. The Hall–Kier alpha value is -1.37. The van der Waals surface area contributed by atoms with Gasteiger partial charge < -0.3 is 14.5 Å². The van der Waals surface area contributed by atoms with E-state index >= 15 is 0 Å². The Balaban J connectivity index is 1.74. The first-order valence-electron chi connectivity index (χ1n) is 6.92. The van der Waals surface area contributed by atoms with Gasteiger partial charge >= 0.3 is 0 Å². The average molecular weight is 327 g/mol. The molecule has 0 atom stereocenters. The maximum absolute atomic E-state index is 12.1. The molecule has 3 nitrogen and oxygen atoms in total. The van der Waals surface area contributed by atoms with Crippen molar-refractivity contribution >= 4 is 11.8 Å². The summed E-state index contributed by atoms with van der Waals surface area (Å²) < 4.78 is 34.7. The number of rotatable bonds is 9. The maximum Gasteiger partial charge on any atom is 0.284 e. The average Bonchev–Trinajstić information content (AvgIpc) is 2.95. The van der Waals surface area contributed by atoms with Gasteiger partial charge in [0, 0.05) is 13.7 Å². The van der Waals surface area contributed by atoms with Gasteiger partial charge in [0.15, 0.2) is 0 Å². The van der Waals surface area contributed by atoms with E-state index in [1.54, 1.807) is 13.2 Å². The fraction of sp³-hybridized carbons (Fsp3) is 0.375. The molecule has 1 N–H and O–H groups in total. The van der Waals surface area contributed by atoms with Crippen LogP contribution in [0.5, 0.6) is 0 Å². The Morgan fingerprint density at radius 2 is 1.73 bits per heavy atom. The minimum absolute atomic E-state index is 0.193. The van der Waals surface area contributed by atoms with Gasteiger partial charge in [-0.2, -0.15) is 8.78 Å². The molecule has 0 fully saturated rings. The lowest BCUT2D eigenvalue weighted by atomic mass is 10.1. The second kappa shape index (κ2) is 8.92. The van der Waals surface area contributed by atoms with Crippen LogP contribution < -0.4 is 5.32 Å². The molecule has 6 heteroatoms. The van der Waals surface area contributed by atoms with Gasteiger partial charge in [-0.15, -0.1) is 0 Å². The van der Waals surface area contributed by atoms with Crippen LogP contribution in [0.15, 0.2) is 40.8 Å². The third-order valence-corrected chi connectivity index (χ3v) is 3.73. The summed E-state index contributed by atoms with van der Waals surface area (Å²) in [5.41, 5.74) is 2.30. The summed E-state index contributed by atoms with van der Waals surface area (Å²) in [4.78, 5) is 0. The highest BCUT2D eigenvalue weighted by molar-refractivity contribution is 7.98. The normalized spacial score (nSPS) is 11.3. The van der Waals surface area contributed by atoms with E-state index in [4.69, 9.17) is 9.15 Å². The fourth-order valence-electron chi connectivity index (χ4n) is 1.99. The van der Waals surface area contributed by atoms with E-state index in [-0.39, 0.29) is 5.75 Å². The van der Waals surface area contributed by atoms with Gasteiger partial charge in [-0.1, -0.05) is 36.0 Å². The lowest BCUT2D eigenvalue weighted by molar-refractivity contribution is 0.185. The highest BCUT2D eigenvalue weighted by Gasteiger charge is 2.07. The molecule has 0 saturated heterocycles. The van der Waals surface area contributed by atoms with Gasteiger partial charge in [-0.3, -0.25) is 0 Å². The van der Waals surface area contributed by atoms with Crippen molar-refractivity contribution in [1.29, 1.82) is 0 Å². The second-order valence-electron chi connectivity index (χ2n) is 4.79. The van der Waals surface area contributed by atoms with Crippen LogP contribution in [0.2, 0.25) is 0 Å². The van der Waals surface area contributed by atoms with Crippen LogP contribution in [0.3, 0.4) is 0 Å². The highest BCUT2D eigenvalue weighted by Crippen LogP contribution is 2.21. The van der Waals surface area contributed by atoms with Crippen molar-refractivity contribution in [3.8, 4) is 0 Å². The molecule has 1 aromatic carbocycles. The van der Waals surface area contributed by atoms with Gasteiger partial charge in [0.2, 0.25) is 0 Å². The van der Waals surface area contributed by atoms with E-state index in [1.807, 2.05) is 30.3 Å². The Labute approximate surface area is 133 Å². The smallest absolute Gasteiger partial charge is 0.284 e. The molecular formula is C16H19F2NO2S. The molecule has 0 unspecified atom stereocenters. The number of halogens is 2. The molecule has 0 bridgehead atoms. The zero-order chi connectivity index (χ0) is 15.8. The van der Waals surface area contributed by atoms with Crippen molar-refractivity contribution in [2.45, 2.75) is 31.2 Å². The number of methoxy groups -OCH3 is 1. The predicted octanol–water partition coefficient (Wildman–Crippen LogP) is 4.17. The van der Waals surface area contributed by atoms with Crippen molar-refractivity contribution in [2.24, 2.45) is 0 Å². The number of benzene rings is 1. The third kappa shape index (κ3) is 5.79. The molecule has 0 radical (unpaired) electrons. The molecule has 0 amide bonds. The van der Waals surface area contributed by atoms with Crippen LogP contribution in [-0.2, 0) is 30.2 Å². The quantitative estimate of drug-likeness (QED) is 0.749. The van der Waals surface area contributed by atoms with Crippen LogP contribution in [-0.4, -0.2) is 12.9 Å². The molecule has 2 rings (SSSR count). The molecule has 1 aromatic heterocycles. The van der Waals surface area contributed by atoms with Crippen molar-refractivity contribution in [1.82, 2.24) is 5.32 Å². The van der Waals surface area contributed by atoms with Crippen LogP contribution in [0.1, 0.15) is 22.6 Å². The van der Waals surface area contributed by atoms with Gasteiger partial charge in [0.1, 0.15) is 11.5 Å². The highest BCUT2D eigenvalue weighted by atomic mass is 32.2. The Morgan fingerprint density at radius 1 is 1.05 bits per heavy atom. The largest absolute Gasteiger partial charge is 0.464 e. The SMILES string of the molecule is COCc1ccc(CNCc2ccc(CSC(F)F)o2)cc1. The Bertz CT molecular complexity index is 558. The molecule has 22 heavy (non-hydrogen) atoms. The van der Waals surface area contributed by atoms with E-state index in [0.29, 0.717) is 30.7 Å². The lowest BCUT2D eigenvalue weighted by Crippen LogP contribution is -2.12. The van der Waals surface area contributed by atoms with Crippen LogP contribution >= 0.6 is 11.8 Å². The molecule has 0 aliphatic heterocycles. The summed E-state index contributed by atoms with van der Waals surface area (Å²) in [5, 5.41) is 3.27. The molecule has 0 aliphatic rings. The first-order valence-corrected chi connectivity index (χ1v) is 7.97. The molecule has 0 spiro atoms. The molecule has 1 heterocycles. The van der Waals surface area contributed by atoms with Crippen molar-refractivity contribution in [2.75, 3.05) is 7.11 Å². The van der Waals surface area contributed by atoms with Crippen LogP contribution in [0.4, 0.5) is 8.78 Å². The van der Waals surface area contributed by atoms with Gasteiger partial charge in [-0.05, 0) is 23.3 Å². The van der Waals surface area contributed by atoms with Gasteiger partial charge in [-0.25, -0.2) is 0 Å². The number of alkyl halides is 2. The summed E-state index contributed by atoms with van der Waals surface area (Å²) in [6, 6.07) is 11.7. The summed E-state index contributed by atoms with van der Waals surface area (Å²) in [6.07, 6.45) is 0. The third-order valence-electron chi connectivity index (χ3n) is 3.03. The zero-order valence-corrected chi connectivity index (χ0v) is 13.2. The summed E-state index contributed by atoms with van der Waals surface area (Å²) >= 11 is 0.566. The topological polar surface area (TPSA) is 34.4 Å². The molecular weight excluding hydrogens is 308 g/mol. The van der Waals surface area contributed by atoms with Crippen LogP contribution in [0.25, 0.3) is 0 Å². The minimum atomic E-state index is -2.37. The Kier molecular flexibility index (Phi) is 6.89. The van der Waals surface area contributed by atoms with Crippen LogP contribution in [0, 0.1) is 0 Å². The maximum atomic E-state index is 12.1. The number of ether oxygens (including phenoxy) is 1. The first-order chi connectivity index (χ1) is 10.7. The summed E-state index contributed by atoms with van der Waals surface area (Å²) in [7, 11) is 1.67. The first kappa shape index (κ1) is 17.0. The standard InChI is InChI=1S/C16H19F2NO2S/c1-20-10-13-4-2-12(3-5-13)8-19-9-14-6-7-15(21-14)11-22-16(17)18/h2-7,16,19H,8-11H2,1H3. The van der Waals surface area contributed by atoms with Crippen molar-refractivity contribution in [3.63, 3.8) is 0 Å². The number of hydrogen-bond acceptors (Lipinski definition) is 4. The molecule has 120 valence electrons. The number of thioether (sulfide) groups is 1. The van der Waals surface area contributed by atoms with Crippen molar-refractivity contribution < 1.29 is 17.9 Å². The molecule has 0 saturated carbocycles. The second-order valence-corrected chi connectivity index (χ2v) is 5.77. The molecule has 2 aromatic rings. The number of hydrogen-bond donors (Lipinski definition) is 1. The minimum Gasteiger partial charge on any atom is -0.464 e.